The molecule has 28 heavy (non-hydrogen) atoms. The van der Waals surface area contributed by atoms with E-state index in [1.165, 1.54) is 34.3 Å². The number of para-hydroxylation sites is 1. The fourth-order valence-corrected chi connectivity index (χ4v) is 2.93. The third-order valence-electron chi connectivity index (χ3n) is 4.35. The van der Waals surface area contributed by atoms with Gasteiger partial charge in [-0.2, -0.15) is 0 Å². The van der Waals surface area contributed by atoms with Gasteiger partial charge >= 0.3 is 11.9 Å². The van der Waals surface area contributed by atoms with Crippen LogP contribution >= 0.6 is 0 Å². The lowest BCUT2D eigenvalue weighted by Crippen LogP contribution is -2.25. The summed E-state index contributed by atoms with van der Waals surface area (Å²) in [4.78, 5) is 40.1. The van der Waals surface area contributed by atoms with Crippen molar-refractivity contribution >= 4 is 17.7 Å². The molecule has 2 rings (SSSR count). The maximum atomic E-state index is 12.8. The van der Waals surface area contributed by atoms with E-state index in [0.717, 1.165) is 0 Å². The first-order valence-corrected chi connectivity index (χ1v) is 8.50. The number of esters is 2. The Balaban J connectivity index is 2.27. The smallest absolute Gasteiger partial charge is 0.342 e. The van der Waals surface area contributed by atoms with Gasteiger partial charge in [0.05, 0.1) is 32.6 Å². The van der Waals surface area contributed by atoms with E-state index in [-0.39, 0.29) is 17.0 Å². The Hall–Kier alpha value is -3.29. The Labute approximate surface area is 162 Å². The minimum atomic E-state index is -1.09. The highest BCUT2D eigenvalue weighted by atomic mass is 16.6. The average Bonchev–Trinajstić information content (AvgIpc) is 2.99. The Morgan fingerprint density at radius 1 is 1.00 bits per heavy atom. The van der Waals surface area contributed by atoms with Crippen molar-refractivity contribution in [3.8, 4) is 11.5 Å². The number of hydrogen-bond acceptors (Lipinski definition) is 7. The second-order valence-electron chi connectivity index (χ2n) is 6.07. The van der Waals surface area contributed by atoms with Crippen LogP contribution < -0.4 is 9.47 Å². The van der Waals surface area contributed by atoms with Crippen LogP contribution in [0.3, 0.4) is 0 Å². The third-order valence-corrected chi connectivity index (χ3v) is 4.35. The summed E-state index contributed by atoms with van der Waals surface area (Å²) >= 11 is 0. The van der Waals surface area contributed by atoms with Crippen LogP contribution in [0.15, 0.2) is 18.2 Å². The molecule has 1 atom stereocenters. The lowest BCUT2D eigenvalue weighted by atomic mass is 10.1. The zero-order valence-electron chi connectivity index (χ0n) is 16.7. The summed E-state index contributed by atoms with van der Waals surface area (Å²) < 4.78 is 20.5. The first-order chi connectivity index (χ1) is 13.3. The molecule has 0 aliphatic rings. The van der Waals surface area contributed by atoms with Crippen molar-refractivity contribution in [2.75, 3.05) is 21.3 Å². The van der Waals surface area contributed by atoms with Crippen LogP contribution in [0.25, 0.3) is 0 Å². The first-order valence-electron chi connectivity index (χ1n) is 8.50. The van der Waals surface area contributed by atoms with Crippen molar-refractivity contribution in [3.63, 3.8) is 0 Å². The molecule has 0 spiro atoms. The maximum absolute atomic E-state index is 12.8. The minimum Gasteiger partial charge on any atom is -0.493 e. The number of carbonyl (C=O) groups is 3. The molecule has 0 saturated heterocycles. The lowest BCUT2D eigenvalue weighted by Gasteiger charge is -2.15. The van der Waals surface area contributed by atoms with E-state index in [2.05, 4.69) is 4.98 Å². The molecule has 0 aliphatic carbocycles. The minimum absolute atomic E-state index is 0.135. The Morgan fingerprint density at radius 3 is 2.25 bits per heavy atom. The van der Waals surface area contributed by atoms with Gasteiger partial charge < -0.3 is 23.9 Å². The van der Waals surface area contributed by atoms with E-state index in [1.54, 1.807) is 26.0 Å². The highest BCUT2D eigenvalue weighted by Crippen LogP contribution is 2.31. The normalized spacial score (nSPS) is 11.5. The zero-order valence-corrected chi connectivity index (χ0v) is 16.7. The molecule has 8 heteroatoms. The van der Waals surface area contributed by atoms with E-state index in [4.69, 9.17) is 18.9 Å². The standard InChI is InChI=1S/C20H23NO7/c1-10-15(20(24)27-6)11(2)21-16(10)17(22)12(3)28-19(23)13-8-7-9-14(25-4)18(13)26-5/h7-9,12,21H,1-6H3. The van der Waals surface area contributed by atoms with Crippen LogP contribution in [-0.4, -0.2) is 50.1 Å². The largest absolute Gasteiger partial charge is 0.493 e. The van der Waals surface area contributed by atoms with E-state index < -0.39 is 23.8 Å². The maximum Gasteiger partial charge on any atom is 0.342 e. The van der Waals surface area contributed by atoms with Gasteiger partial charge in [0.1, 0.15) is 5.56 Å². The fraction of sp³-hybridized carbons (Fsp3) is 0.350. The summed E-state index contributed by atoms with van der Waals surface area (Å²) in [5, 5.41) is 0. The molecule has 0 bridgehead atoms. The molecular formula is C20H23NO7. The Morgan fingerprint density at radius 2 is 1.68 bits per heavy atom. The summed E-state index contributed by atoms with van der Waals surface area (Å²) in [6.45, 7) is 4.75. The highest BCUT2D eigenvalue weighted by Gasteiger charge is 2.28. The average molecular weight is 389 g/mol. The van der Waals surface area contributed by atoms with E-state index in [0.29, 0.717) is 22.6 Å². The Kier molecular flexibility index (Phi) is 6.45. The van der Waals surface area contributed by atoms with Gasteiger partial charge in [-0.1, -0.05) is 6.07 Å². The molecule has 0 saturated carbocycles. The molecule has 0 aliphatic heterocycles. The number of aromatic nitrogens is 1. The molecule has 1 aromatic carbocycles. The molecule has 0 radical (unpaired) electrons. The quantitative estimate of drug-likeness (QED) is 0.573. The van der Waals surface area contributed by atoms with Gasteiger partial charge in [0, 0.05) is 5.69 Å². The lowest BCUT2D eigenvalue weighted by molar-refractivity contribution is 0.0313. The number of ketones is 1. The Bertz CT molecular complexity index is 914. The second-order valence-corrected chi connectivity index (χ2v) is 6.07. The van der Waals surface area contributed by atoms with Crippen LogP contribution in [0.2, 0.25) is 0 Å². The van der Waals surface area contributed by atoms with Crippen LogP contribution in [0.5, 0.6) is 11.5 Å². The summed E-state index contributed by atoms with van der Waals surface area (Å²) in [5.41, 5.74) is 1.56. The third kappa shape index (κ3) is 3.85. The summed E-state index contributed by atoms with van der Waals surface area (Å²) in [6, 6.07) is 4.77. The van der Waals surface area contributed by atoms with E-state index in [1.807, 2.05) is 0 Å². The van der Waals surface area contributed by atoms with Gasteiger partial charge in [-0.25, -0.2) is 9.59 Å². The zero-order chi connectivity index (χ0) is 21.0. The summed E-state index contributed by atoms with van der Waals surface area (Å²) in [5.74, 6) is -1.16. The number of methoxy groups -OCH3 is 3. The summed E-state index contributed by atoms with van der Waals surface area (Å²) in [7, 11) is 4.12. The SMILES string of the molecule is COC(=O)c1c(C)[nH]c(C(=O)C(C)OC(=O)c2cccc(OC)c2OC)c1C. The van der Waals surface area contributed by atoms with E-state index in [9.17, 15) is 14.4 Å². The van der Waals surface area contributed by atoms with Gasteiger partial charge in [-0.05, 0) is 38.5 Å². The number of benzene rings is 1. The number of H-pyrrole nitrogens is 1. The number of aryl methyl sites for hydroxylation is 1. The molecule has 150 valence electrons. The van der Waals surface area contributed by atoms with Crippen molar-refractivity contribution in [3.05, 3.63) is 46.3 Å². The first kappa shape index (κ1) is 21.0. The molecule has 1 heterocycles. The molecule has 1 unspecified atom stereocenters. The number of ether oxygens (including phenoxy) is 4. The van der Waals surface area contributed by atoms with Crippen LogP contribution in [0, 0.1) is 13.8 Å². The summed E-state index contributed by atoms with van der Waals surface area (Å²) in [6.07, 6.45) is -1.09. The van der Waals surface area contributed by atoms with Gasteiger partial charge in [-0.15, -0.1) is 0 Å². The molecule has 0 amide bonds. The number of rotatable bonds is 7. The van der Waals surface area contributed by atoms with Gasteiger partial charge in [0.25, 0.3) is 0 Å². The fourth-order valence-electron chi connectivity index (χ4n) is 2.93. The van der Waals surface area contributed by atoms with Crippen molar-refractivity contribution in [2.45, 2.75) is 26.9 Å². The van der Waals surface area contributed by atoms with Crippen LogP contribution in [-0.2, 0) is 9.47 Å². The number of Topliss-reactive ketones (excluding diaryl/α,β-unsaturated/α-hetero) is 1. The number of aromatic amines is 1. The topological polar surface area (TPSA) is 104 Å². The van der Waals surface area contributed by atoms with Crippen LogP contribution in [0.1, 0.15) is 49.4 Å². The van der Waals surface area contributed by atoms with Gasteiger partial charge in [-0.3, -0.25) is 4.79 Å². The van der Waals surface area contributed by atoms with Crippen molar-refractivity contribution in [1.82, 2.24) is 4.98 Å². The van der Waals surface area contributed by atoms with Crippen molar-refractivity contribution in [2.24, 2.45) is 0 Å². The molecule has 8 nitrogen and oxygen atoms in total. The van der Waals surface area contributed by atoms with Crippen molar-refractivity contribution in [1.29, 1.82) is 0 Å². The molecule has 1 N–H and O–H groups in total. The molecule has 0 fully saturated rings. The van der Waals surface area contributed by atoms with Crippen molar-refractivity contribution < 1.29 is 33.3 Å². The predicted molar refractivity (Wildman–Crippen MR) is 100 cm³/mol. The number of nitrogens with one attached hydrogen (secondary N) is 1. The number of hydrogen-bond donors (Lipinski definition) is 1. The molecular weight excluding hydrogens is 366 g/mol. The second kappa shape index (κ2) is 8.60. The molecule has 1 aromatic heterocycles. The van der Waals surface area contributed by atoms with E-state index >= 15 is 0 Å². The number of carbonyl (C=O) groups excluding carboxylic acids is 3. The van der Waals surface area contributed by atoms with Gasteiger partial charge in [0.2, 0.25) is 5.78 Å². The molecule has 2 aromatic rings. The monoisotopic (exact) mass is 389 g/mol. The highest BCUT2D eigenvalue weighted by molar-refractivity contribution is 6.04. The van der Waals surface area contributed by atoms with Crippen LogP contribution in [0.4, 0.5) is 0 Å². The van der Waals surface area contributed by atoms with Gasteiger partial charge in [0.15, 0.2) is 17.6 Å². The predicted octanol–water partition coefficient (Wildman–Crippen LogP) is 2.86.